The summed E-state index contributed by atoms with van der Waals surface area (Å²) in [6.07, 6.45) is 1.18. The lowest BCUT2D eigenvalue weighted by molar-refractivity contribution is 0.575. The van der Waals surface area contributed by atoms with Crippen LogP contribution in [-0.2, 0) is 0 Å². The minimum absolute atomic E-state index is 0.328. The molecule has 1 nitrogen and oxygen atoms in total. The lowest BCUT2D eigenvalue weighted by Gasteiger charge is -2.24. The summed E-state index contributed by atoms with van der Waals surface area (Å²) in [7, 11) is 0. The molecule has 0 spiro atoms. The summed E-state index contributed by atoms with van der Waals surface area (Å²) >= 11 is 7.43. The maximum atomic E-state index is 3.64. The number of halogens is 1. The molecule has 1 heterocycles. The molecule has 0 radical (unpaired) electrons. The highest BCUT2D eigenvalue weighted by molar-refractivity contribution is 9.10. The molecule has 1 atom stereocenters. The fourth-order valence-electron chi connectivity index (χ4n) is 1.45. The fraction of sp³-hybridized carbons (Fsp3) is 0.692. The molecule has 1 unspecified atom stereocenters. The normalized spacial score (nSPS) is 13.9. The first-order valence-electron chi connectivity index (χ1n) is 6.03. The summed E-state index contributed by atoms with van der Waals surface area (Å²) in [4.78, 5) is 0. The SMILES string of the molecule is CCCNC(CSC(C)(C)C)c1cscc1Br. The molecule has 98 valence electrons. The number of thiophene rings is 1. The van der Waals surface area contributed by atoms with E-state index in [4.69, 9.17) is 0 Å². The smallest absolute Gasteiger partial charge is 0.0431 e. The van der Waals surface area contributed by atoms with Crippen LogP contribution in [0.25, 0.3) is 0 Å². The monoisotopic (exact) mass is 335 g/mol. The average Bonchev–Trinajstić information content (AvgIpc) is 2.63. The van der Waals surface area contributed by atoms with Crippen LogP contribution in [0, 0.1) is 0 Å². The molecular formula is C13H22BrNS2. The van der Waals surface area contributed by atoms with E-state index >= 15 is 0 Å². The Kier molecular flexibility index (Phi) is 6.56. The maximum Gasteiger partial charge on any atom is 0.0431 e. The summed E-state index contributed by atoms with van der Waals surface area (Å²) < 4.78 is 1.57. The number of nitrogens with one attached hydrogen (secondary N) is 1. The zero-order valence-corrected chi connectivity index (χ0v) is 14.3. The molecule has 0 aliphatic carbocycles. The second-order valence-electron chi connectivity index (χ2n) is 5.11. The Bertz CT molecular complexity index is 330. The van der Waals surface area contributed by atoms with Crippen molar-refractivity contribution in [3.63, 3.8) is 0 Å². The summed E-state index contributed by atoms with van der Waals surface area (Å²) in [5.41, 5.74) is 1.40. The molecule has 0 saturated heterocycles. The largest absolute Gasteiger partial charge is 0.309 e. The molecule has 1 aromatic rings. The molecule has 4 heteroatoms. The molecule has 0 bridgehead atoms. The van der Waals surface area contributed by atoms with Gasteiger partial charge in [0.2, 0.25) is 0 Å². The molecule has 17 heavy (non-hydrogen) atoms. The van der Waals surface area contributed by atoms with Gasteiger partial charge in [0.15, 0.2) is 0 Å². The molecule has 0 amide bonds. The minimum atomic E-state index is 0.328. The number of rotatable bonds is 6. The van der Waals surface area contributed by atoms with Crippen molar-refractivity contribution in [3.05, 3.63) is 20.8 Å². The van der Waals surface area contributed by atoms with Gasteiger partial charge >= 0.3 is 0 Å². The molecular weight excluding hydrogens is 314 g/mol. The quantitative estimate of drug-likeness (QED) is 0.777. The van der Waals surface area contributed by atoms with E-state index in [1.807, 2.05) is 11.8 Å². The summed E-state index contributed by atoms with van der Waals surface area (Å²) in [5.74, 6) is 1.12. The minimum Gasteiger partial charge on any atom is -0.309 e. The van der Waals surface area contributed by atoms with Crippen LogP contribution >= 0.6 is 39.0 Å². The number of hydrogen-bond acceptors (Lipinski definition) is 3. The van der Waals surface area contributed by atoms with E-state index in [1.54, 1.807) is 11.3 Å². The third kappa shape index (κ3) is 5.77. The van der Waals surface area contributed by atoms with Crippen LogP contribution in [0.15, 0.2) is 15.2 Å². The van der Waals surface area contributed by atoms with Gasteiger partial charge in [0.25, 0.3) is 0 Å². The number of thioether (sulfide) groups is 1. The summed E-state index contributed by atoms with van der Waals surface area (Å²) in [6.45, 7) is 10.1. The van der Waals surface area contributed by atoms with Gasteiger partial charge < -0.3 is 5.32 Å². The second-order valence-corrected chi connectivity index (χ2v) is 8.55. The van der Waals surface area contributed by atoms with Crippen LogP contribution in [0.4, 0.5) is 0 Å². The molecule has 1 rings (SSSR count). The molecule has 0 aliphatic rings. The Morgan fingerprint density at radius 3 is 2.59 bits per heavy atom. The first-order valence-corrected chi connectivity index (χ1v) is 8.75. The van der Waals surface area contributed by atoms with E-state index in [1.165, 1.54) is 16.5 Å². The van der Waals surface area contributed by atoms with E-state index in [0.29, 0.717) is 10.8 Å². The van der Waals surface area contributed by atoms with E-state index in [-0.39, 0.29) is 0 Å². The van der Waals surface area contributed by atoms with Gasteiger partial charge in [-0.2, -0.15) is 23.1 Å². The van der Waals surface area contributed by atoms with Crippen molar-refractivity contribution in [2.75, 3.05) is 12.3 Å². The zero-order valence-electron chi connectivity index (χ0n) is 11.0. The highest BCUT2D eigenvalue weighted by Crippen LogP contribution is 2.33. The average molecular weight is 336 g/mol. The van der Waals surface area contributed by atoms with Crippen molar-refractivity contribution < 1.29 is 0 Å². The Balaban J connectivity index is 2.64. The van der Waals surface area contributed by atoms with Gasteiger partial charge in [-0.15, -0.1) is 0 Å². The third-order valence-corrected chi connectivity index (χ3v) is 5.46. The van der Waals surface area contributed by atoms with Gasteiger partial charge in [0.1, 0.15) is 0 Å². The molecule has 0 aliphatic heterocycles. The first-order chi connectivity index (χ1) is 7.94. The molecule has 0 aromatic carbocycles. The Labute approximate surface area is 122 Å². The van der Waals surface area contributed by atoms with E-state index in [2.05, 4.69) is 59.7 Å². The predicted molar refractivity (Wildman–Crippen MR) is 85.3 cm³/mol. The molecule has 0 fully saturated rings. The Morgan fingerprint density at radius 2 is 2.12 bits per heavy atom. The van der Waals surface area contributed by atoms with E-state index in [0.717, 1.165) is 12.3 Å². The van der Waals surface area contributed by atoms with Crippen LogP contribution in [-0.4, -0.2) is 17.0 Å². The van der Waals surface area contributed by atoms with Gasteiger partial charge in [-0.25, -0.2) is 0 Å². The lowest BCUT2D eigenvalue weighted by atomic mass is 10.2. The van der Waals surface area contributed by atoms with Crippen LogP contribution < -0.4 is 5.32 Å². The Hall–Kier alpha value is 0.490. The third-order valence-electron chi connectivity index (χ3n) is 2.34. The van der Waals surface area contributed by atoms with Crippen LogP contribution in [0.1, 0.15) is 45.7 Å². The van der Waals surface area contributed by atoms with Crippen LogP contribution in [0.2, 0.25) is 0 Å². The van der Waals surface area contributed by atoms with Gasteiger partial charge in [0.05, 0.1) is 0 Å². The molecule has 0 saturated carbocycles. The highest BCUT2D eigenvalue weighted by atomic mass is 79.9. The van der Waals surface area contributed by atoms with Gasteiger partial charge in [0, 0.05) is 26.4 Å². The fourth-order valence-corrected chi connectivity index (χ4v) is 4.04. The predicted octanol–water partition coefficient (Wildman–Crippen LogP) is 5.08. The van der Waals surface area contributed by atoms with Crippen molar-refractivity contribution in [3.8, 4) is 0 Å². The highest BCUT2D eigenvalue weighted by Gasteiger charge is 2.18. The van der Waals surface area contributed by atoms with Crippen molar-refractivity contribution in [1.29, 1.82) is 0 Å². The van der Waals surface area contributed by atoms with E-state index < -0.39 is 0 Å². The zero-order chi connectivity index (χ0) is 12.9. The van der Waals surface area contributed by atoms with Crippen molar-refractivity contribution >= 4 is 39.0 Å². The molecule has 1 N–H and O–H groups in total. The van der Waals surface area contributed by atoms with Gasteiger partial charge in [-0.3, -0.25) is 0 Å². The lowest BCUT2D eigenvalue weighted by Crippen LogP contribution is -2.25. The van der Waals surface area contributed by atoms with E-state index in [9.17, 15) is 0 Å². The van der Waals surface area contributed by atoms with Crippen molar-refractivity contribution in [2.45, 2.75) is 44.9 Å². The number of hydrogen-bond donors (Lipinski definition) is 1. The first kappa shape index (κ1) is 15.5. The molecule has 1 aromatic heterocycles. The maximum absolute atomic E-state index is 3.64. The van der Waals surface area contributed by atoms with Crippen LogP contribution in [0.3, 0.4) is 0 Å². The second kappa shape index (κ2) is 7.17. The Morgan fingerprint density at radius 1 is 1.41 bits per heavy atom. The topological polar surface area (TPSA) is 12.0 Å². The standard InChI is InChI=1S/C13H22BrNS2/c1-5-6-15-12(9-17-13(2,3)4)10-7-16-8-11(10)14/h7-8,12,15H,5-6,9H2,1-4H3. The van der Waals surface area contributed by atoms with Gasteiger partial charge in [-0.1, -0.05) is 27.7 Å². The van der Waals surface area contributed by atoms with Crippen molar-refractivity contribution in [1.82, 2.24) is 5.32 Å². The summed E-state index contributed by atoms with van der Waals surface area (Å²) in [6, 6.07) is 0.458. The summed E-state index contributed by atoms with van der Waals surface area (Å²) in [5, 5.41) is 8.06. The van der Waals surface area contributed by atoms with Gasteiger partial charge in [-0.05, 0) is 39.8 Å². The van der Waals surface area contributed by atoms with Crippen LogP contribution in [0.5, 0.6) is 0 Å². The van der Waals surface area contributed by atoms with Crippen molar-refractivity contribution in [2.24, 2.45) is 0 Å².